The third kappa shape index (κ3) is 3.53. The van der Waals surface area contributed by atoms with Gasteiger partial charge in [0.15, 0.2) is 0 Å². The highest BCUT2D eigenvalue weighted by atomic mass is 79.9. The Morgan fingerprint density at radius 3 is 2.53 bits per heavy atom. The Balaban J connectivity index is 3.05. The van der Waals surface area contributed by atoms with Crippen LogP contribution in [0.25, 0.3) is 0 Å². The van der Waals surface area contributed by atoms with E-state index in [0.717, 1.165) is 4.47 Å². The predicted octanol–water partition coefficient (Wildman–Crippen LogP) is 1.48. The summed E-state index contributed by atoms with van der Waals surface area (Å²) in [5.41, 5.74) is 0. The minimum Gasteiger partial charge on any atom is -0.395 e. The molecule has 4 nitrogen and oxygen atoms in total. The molecule has 1 rings (SSSR count). The van der Waals surface area contributed by atoms with Crippen LogP contribution >= 0.6 is 31.9 Å². The number of sulfonamides is 1. The molecule has 0 saturated carbocycles. The molecular weight excluding hydrogens is 350 g/mol. The van der Waals surface area contributed by atoms with Crippen LogP contribution in [0, 0.1) is 0 Å². The molecule has 0 aliphatic carbocycles. The van der Waals surface area contributed by atoms with Gasteiger partial charge in [0.25, 0.3) is 0 Å². The first kappa shape index (κ1) is 13.1. The second-order valence-electron chi connectivity index (χ2n) is 2.70. The van der Waals surface area contributed by atoms with Gasteiger partial charge in [0.2, 0.25) is 10.0 Å². The third-order valence-corrected chi connectivity index (χ3v) is 4.52. The van der Waals surface area contributed by atoms with Crippen LogP contribution < -0.4 is 4.72 Å². The number of halogens is 2. The van der Waals surface area contributed by atoms with Crippen molar-refractivity contribution in [2.24, 2.45) is 0 Å². The van der Waals surface area contributed by atoms with Crippen LogP contribution in [0.1, 0.15) is 0 Å². The summed E-state index contributed by atoms with van der Waals surface area (Å²) < 4.78 is 26.8. The first-order valence-corrected chi connectivity index (χ1v) is 7.10. The van der Waals surface area contributed by atoms with E-state index >= 15 is 0 Å². The topological polar surface area (TPSA) is 66.4 Å². The highest BCUT2D eigenvalue weighted by molar-refractivity contribution is 9.11. The standard InChI is InChI=1S/C8H9Br2NO3S/c9-6-1-2-8(7(10)5-6)15(13,14)11-3-4-12/h1-2,5,11-12H,3-4H2. The molecule has 0 spiro atoms. The largest absolute Gasteiger partial charge is 0.395 e. The van der Waals surface area contributed by atoms with E-state index < -0.39 is 10.0 Å². The van der Waals surface area contributed by atoms with Crippen LogP contribution in [0.5, 0.6) is 0 Å². The number of hydrogen-bond acceptors (Lipinski definition) is 3. The van der Waals surface area contributed by atoms with Gasteiger partial charge in [-0.05, 0) is 34.1 Å². The van der Waals surface area contributed by atoms with Crippen LogP contribution in [-0.2, 0) is 10.0 Å². The van der Waals surface area contributed by atoms with E-state index in [1.807, 2.05) is 0 Å². The Bertz CT molecular complexity index is 447. The fraction of sp³-hybridized carbons (Fsp3) is 0.250. The average Bonchev–Trinajstić information content (AvgIpc) is 2.14. The molecule has 0 aliphatic rings. The molecule has 15 heavy (non-hydrogen) atoms. The first-order chi connectivity index (χ1) is 6.97. The average molecular weight is 359 g/mol. The number of benzene rings is 1. The minimum atomic E-state index is -3.55. The van der Waals surface area contributed by atoms with Gasteiger partial charge in [-0.3, -0.25) is 0 Å². The van der Waals surface area contributed by atoms with Crippen molar-refractivity contribution in [1.29, 1.82) is 0 Å². The van der Waals surface area contributed by atoms with Crippen molar-refractivity contribution in [2.45, 2.75) is 4.90 Å². The second-order valence-corrected chi connectivity index (χ2v) is 6.20. The van der Waals surface area contributed by atoms with Gasteiger partial charge in [-0.2, -0.15) is 0 Å². The summed E-state index contributed by atoms with van der Waals surface area (Å²) in [6.45, 7) is -0.224. The van der Waals surface area contributed by atoms with Crippen LogP contribution in [0.15, 0.2) is 32.0 Å². The maximum absolute atomic E-state index is 11.7. The van der Waals surface area contributed by atoms with Crippen molar-refractivity contribution in [3.63, 3.8) is 0 Å². The fourth-order valence-electron chi connectivity index (χ4n) is 0.951. The monoisotopic (exact) mass is 357 g/mol. The SMILES string of the molecule is O=S(=O)(NCCO)c1ccc(Br)cc1Br. The molecule has 0 radical (unpaired) electrons. The van der Waals surface area contributed by atoms with E-state index in [0.29, 0.717) is 4.47 Å². The maximum Gasteiger partial charge on any atom is 0.241 e. The van der Waals surface area contributed by atoms with Crippen molar-refractivity contribution in [3.8, 4) is 0 Å². The predicted molar refractivity (Wildman–Crippen MR) is 64.1 cm³/mol. The lowest BCUT2D eigenvalue weighted by Gasteiger charge is -2.07. The summed E-state index contributed by atoms with van der Waals surface area (Å²) in [6.07, 6.45) is 0. The number of hydrogen-bond donors (Lipinski definition) is 2. The molecule has 2 N–H and O–H groups in total. The van der Waals surface area contributed by atoms with Gasteiger partial charge in [0.05, 0.1) is 11.5 Å². The van der Waals surface area contributed by atoms with Crippen molar-refractivity contribution in [3.05, 3.63) is 27.1 Å². The lowest BCUT2D eigenvalue weighted by Crippen LogP contribution is -2.26. The van der Waals surface area contributed by atoms with E-state index in [1.165, 1.54) is 6.07 Å². The van der Waals surface area contributed by atoms with Crippen molar-refractivity contribution >= 4 is 41.9 Å². The van der Waals surface area contributed by atoms with E-state index in [1.54, 1.807) is 12.1 Å². The molecule has 0 unspecified atom stereocenters. The molecule has 0 aliphatic heterocycles. The smallest absolute Gasteiger partial charge is 0.241 e. The van der Waals surface area contributed by atoms with Gasteiger partial charge in [-0.1, -0.05) is 15.9 Å². The Morgan fingerprint density at radius 1 is 1.33 bits per heavy atom. The van der Waals surface area contributed by atoms with E-state index in [-0.39, 0.29) is 18.0 Å². The summed E-state index contributed by atoms with van der Waals surface area (Å²) in [7, 11) is -3.55. The molecule has 0 aromatic heterocycles. The highest BCUT2D eigenvalue weighted by Gasteiger charge is 2.16. The van der Waals surface area contributed by atoms with Crippen LogP contribution in [-0.4, -0.2) is 26.7 Å². The summed E-state index contributed by atoms with van der Waals surface area (Å²) >= 11 is 6.39. The van der Waals surface area contributed by atoms with Crippen LogP contribution in [0.3, 0.4) is 0 Å². The normalized spacial score (nSPS) is 11.7. The Hall–Kier alpha value is 0.0500. The molecule has 0 fully saturated rings. The zero-order valence-electron chi connectivity index (χ0n) is 7.57. The Morgan fingerprint density at radius 2 is 2.00 bits per heavy atom. The highest BCUT2D eigenvalue weighted by Crippen LogP contribution is 2.25. The Kier molecular flexibility index (Phi) is 4.72. The summed E-state index contributed by atoms with van der Waals surface area (Å²) in [5.74, 6) is 0. The second kappa shape index (κ2) is 5.40. The zero-order chi connectivity index (χ0) is 11.5. The molecule has 0 amide bonds. The summed E-state index contributed by atoms with van der Waals surface area (Å²) in [5, 5.41) is 8.54. The maximum atomic E-state index is 11.7. The summed E-state index contributed by atoms with van der Waals surface area (Å²) in [6, 6.07) is 4.76. The van der Waals surface area contributed by atoms with Crippen LogP contribution in [0.2, 0.25) is 0 Å². The van der Waals surface area contributed by atoms with Gasteiger partial charge >= 0.3 is 0 Å². The van der Waals surface area contributed by atoms with E-state index in [9.17, 15) is 8.42 Å². The number of rotatable bonds is 4. The molecule has 0 heterocycles. The van der Waals surface area contributed by atoms with Gasteiger partial charge in [0, 0.05) is 15.5 Å². The third-order valence-electron chi connectivity index (χ3n) is 1.59. The molecule has 1 aromatic rings. The lowest BCUT2D eigenvalue weighted by molar-refractivity contribution is 0.301. The van der Waals surface area contributed by atoms with Gasteiger partial charge in [-0.25, -0.2) is 13.1 Å². The molecular formula is C8H9Br2NO3S. The first-order valence-electron chi connectivity index (χ1n) is 4.03. The minimum absolute atomic E-state index is 0.00480. The Labute approximate surface area is 105 Å². The van der Waals surface area contributed by atoms with Gasteiger partial charge in [-0.15, -0.1) is 0 Å². The van der Waals surface area contributed by atoms with E-state index in [2.05, 4.69) is 36.6 Å². The molecule has 0 bridgehead atoms. The van der Waals surface area contributed by atoms with Crippen molar-refractivity contribution in [2.75, 3.05) is 13.2 Å². The molecule has 1 aromatic carbocycles. The lowest BCUT2D eigenvalue weighted by atomic mass is 10.4. The number of aliphatic hydroxyl groups excluding tert-OH is 1. The molecule has 0 saturated heterocycles. The zero-order valence-corrected chi connectivity index (χ0v) is 11.6. The summed E-state index contributed by atoms with van der Waals surface area (Å²) in [4.78, 5) is 0.152. The van der Waals surface area contributed by atoms with Gasteiger partial charge in [0.1, 0.15) is 0 Å². The molecule has 0 atom stereocenters. The van der Waals surface area contributed by atoms with Crippen molar-refractivity contribution < 1.29 is 13.5 Å². The molecule has 84 valence electrons. The van der Waals surface area contributed by atoms with E-state index in [4.69, 9.17) is 5.11 Å². The number of aliphatic hydroxyl groups is 1. The molecule has 7 heteroatoms. The van der Waals surface area contributed by atoms with Gasteiger partial charge < -0.3 is 5.11 Å². The quantitative estimate of drug-likeness (QED) is 0.856. The van der Waals surface area contributed by atoms with Crippen molar-refractivity contribution in [1.82, 2.24) is 4.72 Å². The fourth-order valence-corrected chi connectivity index (χ4v) is 3.72. The van der Waals surface area contributed by atoms with Crippen LogP contribution in [0.4, 0.5) is 0 Å². The number of nitrogens with one attached hydrogen (secondary N) is 1.